The van der Waals surface area contributed by atoms with Crippen molar-refractivity contribution in [3.63, 3.8) is 0 Å². The molecule has 0 aliphatic carbocycles. The molecule has 1 aliphatic heterocycles. The van der Waals surface area contributed by atoms with Gasteiger partial charge in [0, 0.05) is 10.2 Å². The second kappa shape index (κ2) is 4.31. The molecule has 0 saturated carbocycles. The van der Waals surface area contributed by atoms with Crippen LogP contribution >= 0.6 is 15.9 Å². The van der Waals surface area contributed by atoms with Crippen molar-refractivity contribution in [2.75, 3.05) is 4.31 Å². The standard InChI is InChI=1S/C12H12BrNO2S/c1-9-7-10(2)14(17(15,16)8-9)12-5-3-11(13)4-6-12/h3-8H,1-2H3. The quantitative estimate of drug-likeness (QED) is 0.796. The first-order chi connectivity index (χ1) is 7.90. The van der Waals surface area contributed by atoms with Crippen LogP contribution in [-0.2, 0) is 10.0 Å². The van der Waals surface area contributed by atoms with Crippen molar-refractivity contribution >= 4 is 31.6 Å². The smallest absolute Gasteiger partial charge is 0.239 e. The molecule has 1 heterocycles. The van der Waals surface area contributed by atoms with Gasteiger partial charge in [-0.3, -0.25) is 0 Å². The summed E-state index contributed by atoms with van der Waals surface area (Å²) in [5.74, 6) is 0. The zero-order valence-corrected chi connectivity index (χ0v) is 11.9. The van der Waals surface area contributed by atoms with Gasteiger partial charge in [0.2, 0.25) is 0 Å². The maximum absolute atomic E-state index is 12.1. The number of sulfonamides is 1. The summed E-state index contributed by atoms with van der Waals surface area (Å²) in [6, 6.07) is 7.19. The van der Waals surface area contributed by atoms with Crippen LogP contribution in [0.3, 0.4) is 0 Å². The molecule has 0 radical (unpaired) electrons. The van der Waals surface area contributed by atoms with E-state index in [0.717, 1.165) is 10.0 Å². The Kier molecular flexibility index (Phi) is 3.14. The molecule has 2 rings (SSSR count). The molecule has 0 fully saturated rings. The van der Waals surface area contributed by atoms with Gasteiger partial charge in [-0.2, -0.15) is 0 Å². The second-order valence-electron chi connectivity index (χ2n) is 3.93. The number of allylic oxidation sites excluding steroid dienone is 3. The minimum absolute atomic E-state index is 0.644. The highest BCUT2D eigenvalue weighted by Gasteiger charge is 2.25. The molecular weight excluding hydrogens is 302 g/mol. The molecule has 0 saturated heterocycles. The first-order valence-electron chi connectivity index (χ1n) is 5.08. The number of anilines is 1. The Labute approximate surface area is 110 Å². The highest BCUT2D eigenvalue weighted by atomic mass is 79.9. The van der Waals surface area contributed by atoms with Gasteiger partial charge in [0.25, 0.3) is 10.0 Å². The van der Waals surface area contributed by atoms with Crippen LogP contribution < -0.4 is 4.31 Å². The molecule has 1 aromatic carbocycles. The Morgan fingerprint density at radius 1 is 1.12 bits per heavy atom. The van der Waals surface area contributed by atoms with Crippen LogP contribution in [0.15, 0.2) is 51.5 Å². The lowest BCUT2D eigenvalue weighted by Crippen LogP contribution is -2.29. The summed E-state index contributed by atoms with van der Waals surface area (Å²) in [7, 11) is -3.40. The van der Waals surface area contributed by atoms with Gasteiger partial charge in [0.05, 0.1) is 11.1 Å². The number of hydrogen-bond donors (Lipinski definition) is 0. The Hall–Kier alpha value is -1.07. The summed E-state index contributed by atoms with van der Waals surface area (Å²) in [6.45, 7) is 3.57. The Morgan fingerprint density at radius 3 is 2.24 bits per heavy atom. The minimum Gasteiger partial charge on any atom is -0.239 e. The van der Waals surface area contributed by atoms with E-state index in [4.69, 9.17) is 0 Å². The first kappa shape index (κ1) is 12.4. The van der Waals surface area contributed by atoms with Gasteiger partial charge in [-0.1, -0.05) is 15.9 Å². The molecule has 3 nitrogen and oxygen atoms in total. The molecule has 0 atom stereocenters. The predicted molar refractivity (Wildman–Crippen MR) is 73.1 cm³/mol. The van der Waals surface area contributed by atoms with E-state index < -0.39 is 10.0 Å². The van der Waals surface area contributed by atoms with E-state index in [1.807, 2.05) is 18.2 Å². The summed E-state index contributed by atoms with van der Waals surface area (Å²) in [6.07, 6.45) is 1.85. The maximum atomic E-state index is 12.1. The van der Waals surface area contributed by atoms with Gasteiger partial charge in [0.15, 0.2) is 0 Å². The lowest BCUT2D eigenvalue weighted by atomic mass is 10.2. The van der Waals surface area contributed by atoms with Crippen LogP contribution in [0.4, 0.5) is 5.69 Å². The number of halogens is 1. The van der Waals surface area contributed by atoms with Crippen LogP contribution in [0, 0.1) is 0 Å². The second-order valence-corrected chi connectivity index (χ2v) is 6.48. The zero-order valence-electron chi connectivity index (χ0n) is 9.51. The van der Waals surface area contributed by atoms with Crippen molar-refractivity contribution in [2.24, 2.45) is 0 Å². The molecule has 1 aromatic rings. The van der Waals surface area contributed by atoms with Crippen molar-refractivity contribution in [1.29, 1.82) is 0 Å². The highest BCUT2D eigenvalue weighted by Crippen LogP contribution is 2.29. The highest BCUT2D eigenvalue weighted by molar-refractivity contribution is 9.10. The van der Waals surface area contributed by atoms with Gasteiger partial charge in [0.1, 0.15) is 0 Å². The van der Waals surface area contributed by atoms with E-state index in [0.29, 0.717) is 11.4 Å². The third-order valence-electron chi connectivity index (χ3n) is 2.41. The van der Waals surface area contributed by atoms with Crippen LogP contribution in [0.1, 0.15) is 13.8 Å². The van der Waals surface area contributed by atoms with Gasteiger partial charge in [-0.05, 0) is 49.8 Å². The lowest BCUT2D eigenvalue weighted by molar-refractivity contribution is 0.602. The normalized spacial score (nSPS) is 18.6. The van der Waals surface area contributed by atoms with Gasteiger partial charge in [-0.25, -0.2) is 12.7 Å². The van der Waals surface area contributed by atoms with Crippen molar-refractivity contribution in [2.45, 2.75) is 13.8 Å². The molecule has 0 unspecified atom stereocenters. The molecular formula is C12H12BrNO2S. The summed E-state index contributed by atoms with van der Waals surface area (Å²) < 4.78 is 26.4. The van der Waals surface area contributed by atoms with E-state index in [9.17, 15) is 8.42 Å². The number of benzene rings is 1. The summed E-state index contributed by atoms with van der Waals surface area (Å²) in [5.41, 5.74) is 2.09. The largest absolute Gasteiger partial charge is 0.261 e. The van der Waals surface area contributed by atoms with Crippen molar-refractivity contribution in [3.05, 3.63) is 51.5 Å². The van der Waals surface area contributed by atoms with E-state index in [1.54, 1.807) is 26.0 Å². The van der Waals surface area contributed by atoms with Crippen molar-refractivity contribution in [1.82, 2.24) is 0 Å². The Bertz CT molecular complexity index is 600. The fraction of sp³-hybridized carbons (Fsp3) is 0.167. The lowest BCUT2D eigenvalue weighted by Gasteiger charge is -2.26. The van der Waals surface area contributed by atoms with Gasteiger partial charge < -0.3 is 0 Å². The SMILES string of the molecule is CC1=CS(=O)(=O)N(c2ccc(Br)cc2)C(C)=C1. The average Bonchev–Trinajstić information content (AvgIpc) is 2.18. The monoisotopic (exact) mass is 313 g/mol. The summed E-state index contributed by atoms with van der Waals surface area (Å²) in [5, 5.41) is 1.28. The van der Waals surface area contributed by atoms with Crippen LogP contribution in [0.5, 0.6) is 0 Å². The fourth-order valence-corrected chi connectivity index (χ4v) is 3.61. The molecule has 0 spiro atoms. The molecule has 17 heavy (non-hydrogen) atoms. The van der Waals surface area contributed by atoms with Crippen LogP contribution in [-0.4, -0.2) is 8.42 Å². The fourth-order valence-electron chi connectivity index (χ4n) is 1.84. The first-order valence-corrected chi connectivity index (χ1v) is 7.37. The van der Waals surface area contributed by atoms with Crippen LogP contribution in [0.25, 0.3) is 0 Å². The Morgan fingerprint density at radius 2 is 1.71 bits per heavy atom. The van der Waals surface area contributed by atoms with E-state index in [1.165, 1.54) is 9.71 Å². The van der Waals surface area contributed by atoms with Gasteiger partial charge >= 0.3 is 0 Å². The van der Waals surface area contributed by atoms with Crippen LogP contribution in [0.2, 0.25) is 0 Å². The van der Waals surface area contributed by atoms with E-state index in [2.05, 4.69) is 15.9 Å². The van der Waals surface area contributed by atoms with Crippen molar-refractivity contribution in [3.8, 4) is 0 Å². The summed E-state index contributed by atoms with van der Waals surface area (Å²) >= 11 is 3.33. The molecule has 1 aliphatic rings. The van der Waals surface area contributed by atoms with E-state index >= 15 is 0 Å². The predicted octanol–water partition coefficient (Wildman–Crippen LogP) is 3.41. The maximum Gasteiger partial charge on any atom is 0.261 e. The third-order valence-corrected chi connectivity index (χ3v) is 4.61. The van der Waals surface area contributed by atoms with Gasteiger partial charge in [-0.15, -0.1) is 0 Å². The minimum atomic E-state index is -3.40. The summed E-state index contributed by atoms with van der Waals surface area (Å²) in [4.78, 5) is 0. The van der Waals surface area contributed by atoms with E-state index in [-0.39, 0.29) is 0 Å². The third kappa shape index (κ3) is 2.45. The molecule has 0 aromatic heterocycles. The molecule has 0 amide bonds. The topological polar surface area (TPSA) is 37.4 Å². The zero-order chi connectivity index (χ0) is 12.6. The molecule has 90 valence electrons. The van der Waals surface area contributed by atoms with Crippen molar-refractivity contribution < 1.29 is 8.42 Å². The molecule has 0 bridgehead atoms. The number of nitrogens with zero attached hydrogens (tertiary/aromatic N) is 1. The molecule has 5 heteroatoms. The number of hydrogen-bond acceptors (Lipinski definition) is 2. The molecule has 0 N–H and O–H groups in total. The average molecular weight is 314 g/mol. The Balaban J connectivity index is 2.53. The number of rotatable bonds is 1.